The number of fused-ring (bicyclic) bond motifs is 2. The summed E-state index contributed by atoms with van der Waals surface area (Å²) in [5, 5.41) is 4.16. The second kappa shape index (κ2) is 8.24. The average molecular weight is 438 g/mol. The Morgan fingerprint density at radius 1 is 0.909 bits per heavy atom. The van der Waals surface area contributed by atoms with Crippen LogP contribution in [0.2, 0.25) is 0 Å². The van der Waals surface area contributed by atoms with E-state index < -0.39 is 12.0 Å². The highest BCUT2D eigenvalue weighted by atomic mass is 16.2. The summed E-state index contributed by atoms with van der Waals surface area (Å²) in [7, 11) is 3.79. The molecule has 5 heteroatoms. The van der Waals surface area contributed by atoms with Gasteiger partial charge in [-0.2, -0.15) is 0 Å². The Morgan fingerprint density at radius 2 is 1.61 bits per heavy atom. The van der Waals surface area contributed by atoms with Crippen molar-refractivity contribution >= 4 is 28.4 Å². The van der Waals surface area contributed by atoms with Crippen LogP contribution in [0.25, 0.3) is 10.9 Å². The lowest BCUT2D eigenvalue weighted by atomic mass is 9.79. The molecule has 0 radical (unpaired) electrons. The van der Waals surface area contributed by atoms with E-state index in [0.29, 0.717) is 5.56 Å². The van der Waals surface area contributed by atoms with E-state index >= 15 is 0 Å². The van der Waals surface area contributed by atoms with E-state index in [1.165, 1.54) is 5.56 Å². The van der Waals surface area contributed by atoms with Gasteiger partial charge in [-0.25, -0.2) is 0 Å². The van der Waals surface area contributed by atoms with Gasteiger partial charge in [-0.3, -0.25) is 9.59 Å². The van der Waals surface area contributed by atoms with Crippen LogP contribution in [0.1, 0.15) is 45.9 Å². The Bertz CT molecular complexity index is 1350. The second-order valence-corrected chi connectivity index (χ2v) is 8.68. The van der Waals surface area contributed by atoms with Gasteiger partial charge >= 0.3 is 0 Å². The molecule has 3 aromatic carbocycles. The molecular formula is C28H27N3O2. The maximum atomic E-state index is 13.8. The molecular weight excluding hydrogens is 410 g/mol. The Kier molecular flexibility index (Phi) is 5.25. The number of anilines is 1. The van der Waals surface area contributed by atoms with E-state index in [9.17, 15) is 9.59 Å². The topological polar surface area (TPSA) is 54.3 Å². The van der Waals surface area contributed by atoms with E-state index in [1.807, 2.05) is 73.9 Å². The first-order valence-electron chi connectivity index (χ1n) is 11.3. The zero-order valence-electron chi connectivity index (χ0n) is 19.1. The van der Waals surface area contributed by atoms with Crippen LogP contribution in [0, 0.1) is 0 Å². The Hall–Kier alpha value is -3.86. The summed E-state index contributed by atoms with van der Waals surface area (Å²) in [6.45, 7) is 2.11. The molecule has 0 saturated carbocycles. The fraction of sp³-hybridized carbons (Fsp3) is 0.214. The molecule has 0 saturated heterocycles. The molecule has 0 unspecified atom stereocenters. The van der Waals surface area contributed by atoms with Crippen LogP contribution in [0.5, 0.6) is 0 Å². The van der Waals surface area contributed by atoms with Crippen LogP contribution in [0.3, 0.4) is 0 Å². The number of para-hydroxylation sites is 1. The molecule has 0 spiro atoms. The van der Waals surface area contributed by atoms with Gasteiger partial charge in [0.2, 0.25) is 5.91 Å². The number of likely N-dealkylation sites (N-methyl/N-ethyl adjacent to an activating group) is 1. The van der Waals surface area contributed by atoms with Gasteiger partial charge in [0, 0.05) is 48.0 Å². The molecule has 2 heterocycles. The van der Waals surface area contributed by atoms with E-state index in [0.717, 1.165) is 34.1 Å². The van der Waals surface area contributed by atoms with Gasteiger partial charge in [-0.1, -0.05) is 55.5 Å². The van der Waals surface area contributed by atoms with Crippen molar-refractivity contribution in [3.63, 3.8) is 0 Å². The zero-order valence-corrected chi connectivity index (χ0v) is 19.1. The smallest absolute Gasteiger partial charge is 0.254 e. The van der Waals surface area contributed by atoms with Crippen molar-refractivity contribution in [3.8, 4) is 0 Å². The van der Waals surface area contributed by atoms with Crippen LogP contribution >= 0.6 is 0 Å². The third kappa shape index (κ3) is 3.50. The number of amides is 2. The van der Waals surface area contributed by atoms with Gasteiger partial charge in [0.1, 0.15) is 0 Å². The van der Waals surface area contributed by atoms with Gasteiger partial charge in [-0.15, -0.1) is 0 Å². The maximum absolute atomic E-state index is 13.8. The zero-order chi connectivity index (χ0) is 23.1. The minimum atomic E-state index is -0.541. The quantitative estimate of drug-likeness (QED) is 0.472. The Labute approximate surface area is 193 Å². The maximum Gasteiger partial charge on any atom is 0.254 e. The van der Waals surface area contributed by atoms with Gasteiger partial charge in [0.25, 0.3) is 5.91 Å². The lowest BCUT2D eigenvalue weighted by molar-refractivity contribution is -0.119. The molecule has 1 aliphatic rings. The predicted octanol–water partition coefficient (Wildman–Crippen LogP) is 5.29. The number of hydrogen-bond acceptors (Lipinski definition) is 2. The van der Waals surface area contributed by atoms with Crippen molar-refractivity contribution in [1.29, 1.82) is 0 Å². The largest absolute Gasteiger partial charge is 0.350 e. The normalized spacial score (nSPS) is 17.8. The van der Waals surface area contributed by atoms with Crippen LogP contribution in [-0.2, 0) is 18.3 Å². The second-order valence-electron chi connectivity index (χ2n) is 8.68. The van der Waals surface area contributed by atoms with E-state index in [4.69, 9.17) is 0 Å². The molecule has 0 fully saturated rings. The first-order valence-corrected chi connectivity index (χ1v) is 11.3. The van der Waals surface area contributed by atoms with Crippen molar-refractivity contribution < 1.29 is 9.59 Å². The molecule has 33 heavy (non-hydrogen) atoms. The molecule has 2 amide bonds. The third-order valence-corrected chi connectivity index (χ3v) is 6.74. The summed E-state index contributed by atoms with van der Waals surface area (Å²) in [6.07, 6.45) is 2.99. The summed E-state index contributed by atoms with van der Waals surface area (Å²) >= 11 is 0. The number of rotatable bonds is 4. The van der Waals surface area contributed by atoms with Gasteiger partial charge in [0.15, 0.2) is 0 Å². The molecule has 0 aliphatic carbocycles. The minimum Gasteiger partial charge on any atom is -0.350 e. The molecule has 0 bridgehead atoms. The molecule has 166 valence electrons. The minimum absolute atomic E-state index is 0.0696. The first kappa shape index (κ1) is 21.0. The fourth-order valence-corrected chi connectivity index (χ4v) is 5.00. The van der Waals surface area contributed by atoms with Gasteiger partial charge in [0.05, 0.1) is 12.0 Å². The number of nitrogens with one attached hydrogen (secondary N) is 1. The summed E-state index contributed by atoms with van der Waals surface area (Å²) < 4.78 is 2.06. The highest BCUT2D eigenvalue weighted by Gasteiger charge is 2.43. The molecule has 1 N–H and O–H groups in total. The number of hydrogen-bond donors (Lipinski definition) is 1. The van der Waals surface area contributed by atoms with E-state index in [1.54, 1.807) is 11.9 Å². The van der Waals surface area contributed by atoms with Crippen molar-refractivity contribution in [2.24, 2.45) is 7.05 Å². The first-order chi connectivity index (χ1) is 16.0. The molecule has 1 aromatic heterocycles. The summed E-state index contributed by atoms with van der Waals surface area (Å²) in [5.74, 6) is -0.732. The van der Waals surface area contributed by atoms with E-state index in [2.05, 4.69) is 28.9 Å². The third-order valence-electron chi connectivity index (χ3n) is 6.74. The van der Waals surface area contributed by atoms with Crippen molar-refractivity contribution in [3.05, 3.63) is 101 Å². The SMILES string of the molecule is CCc1ccc(NC(=O)[C@H]2c3ccccc3C(=O)N(C)[C@@H]2c2cn(C)c3ccccc23)cc1. The number of carbonyl (C=O) groups is 2. The number of aromatic nitrogens is 1. The van der Waals surface area contributed by atoms with Gasteiger partial charge in [-0.05, 0) is 41.8 Å². The van der Waals surface area contributed by atoms with E-state index in [-0.39, 0.29) is 11.8 Å². The predicted molar refractivity (Wildman–Crippen MR) is 131 cm³/mol. The Balaban J connectivity index is 1.64. The lowest BCUT2D eigenvalue weighted by Crippen LogP contribution is -2.44. The molecule has 5 nitrogen and oxygen atoms in total. The number of aryl methyl sites for hydroxylation is 2. The Morgan fingerprint density at radius 3 is 2.36 bits per heavy atom. The fourth-order valence-electron chi connectivity index (χ4n) is 5.00. The molecule has 4 aromatic rings. The average Bonchev–Trinajstić information content (AvgIpc) is 3.18. The van der Waals surface area contributed by atoms with Crippen molar-refractivity contribution in [2.75, 3.05) is 12.4 Å². The van der Waals surface area contributed by atoms with Crippen molar-refractivity contribution in [2.45, 2.75) is 25.3 Å². The van der Waals surface area contributed by atoms with Crippen LogP contribution in [0.15, 0.2) is 79.0 Å². The van der Waals surface area contributed by atoms with Crippen molar-refractivity contribution in [1.82, 2.24) is 9.47 Å². The monoisotopic (exact) mass is 437 g/mol. The molecule has 1 aliphatic heterocycles. The summed E-state index contributed by atoms with van der Waals surface area (Å²) in [5.41, 5.74) is 5.36. The molecule has 5 rings (SSSR count). The van der Waals surface area contributed by atoms with Crippen LogP contribution in [-0.4, -0.2) is 28.3 Å². The van der Waals surface area contributed by atoms with Crippen LogP contribution in [0.4, 0.5) is 5.69 Å². The number of nitrogens with zero attached hydrogens (tertiary/aromatic N) is 2. The lowest BCUT2D eigenvalue weighted by Gasteiger charge is -2.39. The standard InChI is InChI=1S/C28H27N3O2/c1-4-18-13-15-19(16-14-18)29-27(32)25-21-10-5-6-11-22(21)28(33)31(3)26(25)23-17-30(2)24-12-8-7-9-20(23)24/h5-17,25-26H,4H2,1-3H3,(H,29,32)/t25-,26+/m0/s1. The highest BCUT2D eigenvalue weighted by molar-refractivity contribution is 6.05. The number of carbonyl (C=O) groups excluding carboxylic acids is 2. The highest BCUT2D eigenvalue weighted by Crippen LogP contribution is 2.44. The number of benzene rings is 3. The summed E-state index contributed by atoms with van der Waals surface area (Å²) in [4.78, 5) is 28.9. The van der Waals surface area contributed by atoms with Crippen LogP contribution < -0.4 is 5.32 Å². The van der Waals surface area contributed by atoms with Gasteiger partial charge < -0.3 is 14.8 Å². The molecule has 2 atom stereocenters. The summed E-state index contributed by atoms with van der Waals surface area (Å²) in [6, 6.07) is 23.1.